The highest BCUT2D eigenvalue weighted by molar-refractivity contribution is 5.09. The third kappa shape index (κ3) is 6.05. The molecule has 11 heteroatoms. The van der Waals surface area contributed by atoms with Crippen molar-refractivity contribution in [1.82, 2.24) is 0 Å². The lowest BCUT2D eigenvalue weighted by molar-refractivity contribution is -0.319. The third-order valence-electron chi connectivity index (χ3n) is 6.48. The van der Waals surface area contributed by atoms with Crippen molar-refractivity contribution in [3.63, 3.8) is 0 Å². The van der Waals surface area contributed by atoms with Gasteiger partial charge in [-0.2, -0.15) is 0 Å². The van der Waals surface area contributed by atoms with Gasteiger partial charge in [0.05, 0.1) is 25.4 Å². The van der Waals surface area contributed by atoms with Gasteiger partial charge in [-0.3, -0.25) is 0 Å². The number of hydrogen-bond donors (Lipinski definition) is 7. The van der Waals surface area contributed by atoms with Gasteiger partial charge >= 0.3 is 0 Å². The molecule has 2 saturated heterocycles. The average molecular weight is 465 g/mol. The van der Waals surface area contributed by atoms with Gasteiger partial charge in [0.1, 0.15) is 42.7 Å². The lowest BCUT2D eigenvalue weighted by atomic mass is 9.80. The maximum absolute atomic E-state index is 10.2. The van der Waals surface area contributed by atoms with Gasteiger partial charge in [0.15, 0.2) is 12.6 Å². The molecule has 3 aliphatic rings. The Morgan fingerprint density at radius 3 is 2.25 bits per heavy atom. The molecule has 1 aliphatic carbocycles. The highest BCUT2D eigenvalue weighted by Crippen LogP contribution is 2.32. The first-order chi connectivity index (χ1) is 15.0. The fraction of sp³-hybridized carbons (Fsp3) is 0.905. The van der Waals surface area contributed by atoms with E-state index >= 15 is 0 Å². The lowest BCUT2D eigenvalue weighted by Gasteiger charge is -2.41. The minimum Gasteiger partial charge on any atom is -0.390 e. The first-order valence-electron chi connectivity index (χ1n) is 11.0. The van der Waals surface area contributed by atoms with Gasteiger partial charge in [0, 0.05) is 0 Å². The zero-order chi connectivity index (χ0) is 23.6. The van der Waals surface area contributed by atoms with Gasteiger partial charge in [-0.1, -0.05) is 6.08 Å². The molecule has 0 spiro atoms. The molecule has 2 fully saturated rings. The van der Waals surface area contributed by atoms with Crippen LogP contribution in [0.4, 0.5) is 0 Å². The molecule has 3 rings (SSSR count). The Morgan fingerprint density at radius 2 is 1.62 bits per heavy atom. The van der Waals surface area contributed by atoms with Crippen molar-refractivity contribution >= 4 is 0 Å². The van der Waals surface area contributed by atoms with Crippen molar-refractivity contribution in [3.05, 3.63) is 11.6 Å². The summed E-state index contributed by atoms with van der Waals surface area (Å²) in [5.41, 5.74) is 0.226. The normalized spacial score (nSPS) is 43.7. The van der Waals surface area contributed by atoms with Crippen LogP contribution in [0, 0.1) is 5.92 Å². The predicted molar refractivity (Wildman–Crippen MR) is 108 cm³/mol. The van der Waals surface area contributed by atoms with Crippen molar-refractivity contribution < 1.29 is 54.7 Å². The Morgan fingerprint density at radius 1 is 0.938 bits per heavy atom. The van der Waals surface area contributed by atoms with Crippen molar-refractivity contribution in [3.8, 4) is 0 Å². The van der Waals surface area contributed by atoms with Gasteiger partial charge < -0.3 is 54.7 Å². The molecule has 11 nitrogen and oxygen atoms in total. The van der Waals surface area contributed by atoms with E-state index in [9.17, 15) is 35.7 Å². The first kappa shape index (κ1) is 25.9. The molecule has 2 aliphatic heterocycles. The third-order valence-corrected chi connectivity index (χ3v) is 6.48. The van der Waals surface area contributed by atoms with Crippen LogP contribution in [0.1, 0.15) is 33.1 Å². The number of allylic oxidation sites excluding steroid dienone is 1. The van der Waals surface area contributed by atoms with E-state index in [0.29, 0.717) is 6.42 Å². The Labute approximate surface area is 186 Å². The number of aliphatic hydroxyl groups excluding tert-OH is 6. The summed E-state index contributed by atoms with van der Waals surface area (Å²) in [6.45, 7) is 3.16. The fourth-order valence-electron chi connectivity index (χ4n) is 4.16. The van der Waals surface area contributed by atoms with Crippen LogP contribution in [0.5, 0.6) is 0 Å². The highest BCUT2D eigenvalue weighted by Gasteiger charge is 2.46. The molecular weight excluding hydrogens is 428 g/mol. The second-order valence-electron chi connectivity index (χ2n) is 9.40. The maximum Gasteiger partial charge on any atom is 0.187 e. The lowest BCUT2D eigenvalue weighted by Crippen LogP contribution is -2.60. The van der Waals surface area contributed by atoms with Crippen molar-refractivity contribution in [1.29, 1.82) is 0 Å². The molecule has 0 aromatic heterocycles. The summed E-state index contributed by atoms with van der Waals surface area (Å²) in [6.07, 6.45) is -8.08. The van der Waals surface area contributed by atoms with E-state index in [1.165, 1.54) is 0 Å². The summed E-state index contributed by atoms with van der Waals surface area (Å²) in [4.78, 5) is 0. The van der Waals surface area contributed by atoms with Crippen LogP contribution in [-0.4, -0.2) is 116 Å². The largest absolute Gasteiger partial charge is 0.390 e. The summed E-state index contributed by atoms with van der Waals surface area (Å²) in [5, 5.41) is 70.0. The molecular formula is C21H36O11. The predicted octanol–water partition coefficient (Wildman–Crippen LogP) is -2.24. The van der Waals surface area contributed by atoms with E-state index in [1.807, 2.05) is 6.08 Å². The Bertz CT molecular complexity index is 636. The summed E-state index contributed by atoms with van der Waals surface area (Å²) >= 11 is 0. The van der Waals surface area contributed by atoms with E-state index in [-0.39, 0.29) is 25.7 Å². The van der Waals surface area contributed by atoms with Crippen LogP contribution in [0.15, 0.2) is 11.6 Å². The van der Waals surface area contributed by atoms with E-state index in [1.54, 1.807) is 13.8 Å². The van der Waals surface area contributed by atoms with Crippen molar-refractivity contribution in [2.75, 3.05) is 19.8 Å². The first-order valence-corrected chi connectivity index (χ1v) is 11.0. The van der Waals surface area contributed by atoms with Gasteiger partial charge in [-0.05, 0) is 44.6 Å². The second-order valence-corrected chi connectivity index (χ2v) is 9.40. The van der Waals surface area contributed by atoms with E-state index in [2.05, 4.69) is 0 Å². The van der Waals surface area contributed by atoms with E-state index in [0.717, 1.165) is 18.4 Å². The summed E-state index contributed by atoms with van der Waals surface area (Å²) in [6, 6.07) is 0. The van der Waals surface area contributed by atoms with E-state index < -0.39 is 60.9 Å². The molecule has 0 aromatic carbocycles. The molecule has 186 valence electrons. The molecule has 32 heavy (non-hydrogen) atoms. The van der Waals surface area contributed by atoms with Crippen molar-refractivity contribution in [2.24, 2.45) is 5.92 Å². The summed E-state index contributed by atoms with van der Waals surface area (Å²) in [5.74, 6) is 0.151. The average Bonchev–Trinajstić information content (AvgIpc) is 2.75. The molecule has 10 unspecified atom stereocenters. The molecule has 7 N–H and O–H groups in total. The molecule has 0 saturated carbocycles. The molecule has 0 aromatic rings. The van der Waals surface area contributed by atoms with Crippen LogP contribution in [-0.2, 0) is 18.9 Å². The van der Waals surface area contributed by atoms with Crippen LogP contribution in [0.2, 0.25) is 0 Å². The number of ether oxygens (including phenoxy) is 4. The van der Waals surface area contributed by atoms with Crippen molar-refractivity contribution in [2.45, 2.75) is 94.0 Å². The fourth-order valence-corrected chi connectivity index (χ4v) is 4.16. The zero-order valence-corrected chi connectivity index (χ0v) is 18.4. The molecule has 0 radical (unpaired) electrons. The minimum absolute atomic E-state index is 0.151. The highest BCUT2D eigenvalue weighted by atomic mass is 16.7. The zero-order valence-electron chi connectivity index (χ0n) is 18.4. The minimum atomic E-state index is -1.55. The second kappa shape index (κ2) is 10.7. The van der Waals surface area contributed by atoms with Crippen LogP contribution in [0.25, 0.3) is 0 Å². The Hall–Kier alpha value is -0.700. The maximum atomic E-state index is 10.2. The topological polar surface area (TPSA) is 179 Å². The summed E-state index contributed by atoms with van der Waals surface area (Å²) < 4.78 is 21.8. The standard InChI is InChI=1S/C21H36O11/c1-21(2,28)11-5-3-10(4-6-11)7-29-20-18(27)16(25)15(24)13(32-20)9-31-19-17(26)14(23)12(22)8-30-19/h3,11-20,22-28H,4-9H2,1-2H3. The van der Waals surface area contributed by atoms with Crippen LogP contribution >= 0.6 is 0 Å². The molecule has 0 amide bonds. The number of aliphatic hydroxyl groups is 7. The van der Waals surface area contributed by atoms with Crippen LogP contribution < -0.4 is 0 Å². The monoisotopic (exact) mass is 464 g/mol. The van der Waals surface area contributed by atoms with Crippen LogP contribution in [0.3, 0.4) is 0 Å². The van der Waals surface area contributed by atoms with Gasteiger partial charge in [-0.15, -0.1) is 0 Å². The number of hydrogen-bond acceptors (Lipinski definition) is 11. The molecule has 2 heterocycles. The van der Waals surface area contributed by atoms with Gasteiger partial charge in [-0.25, -0.2) is 0 Å². The van der Waals surface area contributed by atoms with E-state index in [4.69, 9.17) is 18.9 Å². The van der Waals surface area contributed by atoms with Gasteiger partial charge in [0.25, 0.3) is 0 Å². The SMILES string of the molecule is CC(C)(O)C1CC=C(COC2OC(COC3OCC(O)C(O)C3O)C(O)C(O)C2O)CC1. The summed E-state index contributed by atoms with van der Waals surface area (Å²) in [7, 11) is 0. The van der Waals surface area contributed by atoms with Gasteiger partial charge in [0.2, 0.25) is 0 Å². The quantitative estimate of drug-likeness (QED) is 0.203. The number of rotatable bonds is 7. The molecule has 0 bridgehead atoms. The molecule has 10 atom stereocenters. The smallest absolute Gasteiger partial charge is 0.187 e. The Kier molecular flexibility index (Phi) is 8.67. The Balaban J connectivity index is 1.52.